The highest BCUT2D eigenvalue weighted by molar-refractivity contribution is 5.42. The van der Waals surface area contributed by atoms with Crippen molar-refractivity contribution in [3.8, 4) is 5.75 Å². The van der Waals surface area contributed by atoms with Crippen molar-refractivity contribution in [3.05, 3.63) is 28.8 Å². The van der Waals surface area contributed by atoms with Crippen molar-refractivity contribution in [1.29, 1.82) is 0 Å². The number of benzene rings is 1. The molecule has 0 aliphatic carbocycles. The van der Waals surface area contributed by atoms with E-state index in [-0.39, 0.29) is 5.60 Å². The summed E-state index contributed by atoms with van der Waals surface area (Å²) in [5.41, 5.74) is 2.88. The smallest absolute Gasteiger partial charge is 0.121 e. The van der Waals surface area contributed by atoms with Crippen LogP contribution in [0.3, 0.4) is 0 Å². The van der Waals surface area contributed by atoms with Crippen LogP contribution in [0.5, 0.6) is 5.75 Å². The number of rotatable bonds is 5. The minimum absolute atomic E-state index is 0.152. The lowest BCUT2D eigenvalue weighted by Gasteiger charge is -2.23. The molecule has 0 bridgehead atoms. The Morgan fingerprint density at radius 1 is 1.24 bits per heavy atom. The zero-order valence-electron chi connectivity index (χ0n) is 11.4. The van der Waals surface area contributed by atoms with Gasteiger partial charge < -0.3 is 15.2 Å². The first-order valence-corrected chi connectivity index (χ1v) is 5.90. The van der Waals surface area contributed by atoms with Crippen LogP contribution in [0.15, 0.2) is 12.1 Å². The van der Waals surface area contributed by atoms with Gasteiger partial charge in [0.1, 0.15) is 5.75 Å². The fourth-order valence-electron chi connectivity index (χ4n) is 1.73. The number of ether oxygens (including phenoxy) is 1. The molecule has 96 valence electrons. The Balaban J connectivity index is 2.59. The summed E-state index contributed by atoms with van der Waals surface area (Å²) >= 11 is 0. The second-order valence-electron chi connectivity index (χ2n) is 5.15. The van der Waals surface area contributed by atoms with Gasteiger partial charge in [-0.3, -0.25) is 0 Å². The Morgan fingerprint density at radius 2 is 1.76 bits per heavy atom. The van der Waals surface area contributed by atoms with Gasteiger partial charge in [0, 0.05) is 20.2 Å². The topological polar surface area (TPSA) is 41.5 Å². The number of phenolic OH excluding ortho intramolecular Hbond substituents is 1. The molecule has 0 aliphatic rings. The number of phenols is 1. The van der Waals surface area contributed by atoms with Crippen LogP contribution in [0.4, 0.5) is 0 Å². The maximum atomic E-state index is 9.68. The predicted molar refractivity (Wildman–Crippen MR) is 70.4 cm³/mol. The molecule has 0 aromatic heterocycles. The predicted octanol–water partition coefficient (Wildman–Crippen LogP) is 2.52. The SMILES string of the molecule is COC(C)(C)CNCc1cc(C)c(O)c(C)c1. The maximum absolute atomic E-state index is 9.68. The first kappa shape index (κ1) is 14.0. The number of hydrogen-bond donors (Lipinski definition) is 2. The molecule has 0 radical (unpaired) electrons. The van der Waals surface area contributed by atoms with Crippen molar-refractivity contribution in [2.24, 2.45) is 0 Å². The molecule has 3 heteroatoms. The summed E-state index contributed by atoms with van der Waals surface area (Å²) in [6.45, 7) is 9.52. The summed E-state index contributed by atoms with van der Waals surface area (Å²) in [4.78, 5) is 0. The molecule has 0 unspecified atom stereocenters. The lowest BCUT2D eigenvalue weighted by Crippen LogP contribution is -2.36. The maximum Gasteiger partial charge on any atom is 0.121 e. The fourth-order valence-corrected chi connectivity index (χ4v) is 1.73. The molecule has 0 fully saturated rings. The van der Waals surface area contributed by atoms with E-state index in [1.165, 1.54) is 5.56 Å². The van der Waals surface area contributed by atoms with Gasteiger partial charge in [-0.15, -0.1) is 0 Å². The van der Waals surface area contributed by atoms with Crippen LogP contribution in [-0.2, 0) is 11.3 Å². The highest BCUT2D eigenvalue weighted by atomic mass is 16.5. The molecule has 0 heterocycles. The molecule has 0 atom stereocenters. The molecule has 3 nitrogen and oxygen atoms in total. The molecule has 1 rings (SSSR count). The molecule has 17 heavy (non-hydrogen) atoms. The average Bonchev–Trinajstić information content (AvgIpc) is 2.25. The molecule has 2 N–H and O–H groups in total. The van der Waals surface area contributed by atoms with E-state index in [2.05, 4.69) is 5.32 Å². The molecular weight excluding hydrogens is 214 g/mol. The zero-order valence-corrected chi connectivity index (χ0v) is 11.4. The van der Waals surface area contributed by atoms with Gasteiger partial charge in [0.2, 0.25) is 0 Å². The van der Waals surface area contributed by atoms with Crippen molar-refractivity contribution in [2.45, 2.75) is 39.8 Å². The van der Waals surface area contributed by atoms with E-state index in [9.17, 15) is 5.11 Å². The second kappa shape index (κ2) is 5.52. The van der Waals surface area contributed by atoms with Gasteiger partial charge in [0.25, 0.3) is 0 Å². The largest absolute Gasteiger partial charge is 0.507 e. The molecule has 0 spiro atoms. The summed E-state index contributed by atoms with van der Waals surface area (Å²) in [5.74, 6) is 0.394. The van der Waals surface area contributed by atoms with Crippen LogP contribution in [0.25, 0.3) is 0 Å². The summed E-state index contributed by atoms with van der Waals surface area (Å²) in [6, 6.07) is 4.02. The van der Waals surface area contributed by atoms with E-state index in [4.69, 9.17) is 4.74 Å². The Hall–Kier alpha value is -1.06. The average molecular weight is 237 g/mol. The van der Waals surface area contributed by atoms with Crippen molar-refractivity contribution in [1.82, 2.24) is 5.32 Å². The van der Waals surface area contributed by atoms with Gasteiger partial charge in [0.05, 0.1) is 5.60 Å². The van der Waals surface area contributed by atoms with Gasteiger partial charge in [-0.1, -0.05) is 12.1 Å². The minimum atomic E-state index is -0.152. The van der Waals surface area contributed by atoms with Gasteiger partial charge in [0.15, 0.2) is 0 Å². The van der Waals surface area contributed by atoms with Crippen LogP contribution < -0.4 is 5.32 Å². The van der Waals surface area contributed by atoms with Crippen LogP contribution in [0, 0.1) is 13.8 Å². The first-order valence-electron chi connectivity index (χ1n) is 5.90. The number of aromatic hydroxyl groups is 1. The normalized spacial score (nSPS) is 11.8. The lowest BCUT2D eigenvalue weighted by molar-refractivity contribution is 0.0230. The highest BCUT2D eigenvalue weighted by Crippen LogP contribution is 2.22. The first-order chi connectivity index (χ1) is 7.85. The monoisotopic (exact) mass is 237 g/mol. The molecule has 1 aromatic carbocycles. The van der Waals surface area contributed by atoms with Gasteiger partial charge in [-0.25, -0.2) is 0 Å². The third-order valence-corrected chi connectivity index (χ3v) is 2.98. The number of hydrogen-bond acceptors (Lipinski definition) is 3. The van der Waals surface area contributed by atoms with Crippen molar-refractivity contribution < 1.29 is 9.84 Å². The Bertz CT molecular complexity index is 363. The van der Waals surface area contributed by atoms with E-state index >= 15 is 0 Å². The zero-order chi connectivity index (χ0) is 13.1. The standard InChI is InChI=1S/C14H23NO2/c1-10-6-12(7-11(2)13(10)16)8-15-9-14(3,4)17-5/h6-7,15-16H,8-9H2,1-5H3. The van der Waals surface area contributed by atoms with Crippen LogP contribution in [0.2, 0.25) is 0 Å². The van der Waals surface area contributed by atoms with Crippen molar-refractivity contribution >= 4 is 0 Å². The lowest BCUT2D eigenvalue weighted by atomic mass is 10.1. The van der Waals surface area contributed by atoms with E-state index in [0.29, 0.717) is 5.75 Å². The second-order valence-corrected chi connectivity index (χ2v) is 5.15. The van der Waals surface area contributed by atoms with Crippen molar-refractivity contribution in [2.75, 3.05) is 13.7 Å². The molecule has 1 aromatic rings. The third kappa shape index (κ3) is 4.02. The van der Waals surface area contributed by atoms with Crippen LogP contribution >= 0.6 is 0 Å². The Morgan fingerprint density at radius 3 is 2.24 bits per heavy atom. The Labute approximate surface area is 104 Å². The van der Waals surface area contributed by atoms with Crippen LogP contribution in [-0.4, -0.2) is 24.4 Å². The minimum Gasteiger partial charge on any atom is -0.507 e. The number of methoxy groups -OCH3 is 1. The van der Waals surface area contributed by atoms with Gasteiger partial charge >= 0.3 is 0 Å². The molecule has 0 saturated heterocycles. The summed E-state index contributed by atoms with van der Waals surface area (Å²) < 4.78 is 5.34. The Kier molecular flexibility index (Phi) is 4.54. The molecular formula is C14H23NO2. The van der Waals surface area contributed by atoms with E-state index in [0.717, 1.165) is 24.2 Å². The van der Waals surface area contributed by atoms with E-state index in [1.807, 2.05) is 39.8 Å². The molecule has 0 amide bonds. The van der Waals surface area contributed by atoms with Gasteiger partial charge in [-0.2, -0.15) is 0 Å². The third-order valence-electron chi connectivity index (χ3n) is 2.98. The highest BCUT2D eigenvalue weighted by Gasteiger charge is 2.15. The summed E-state index contributed by atoms with van der Waals surface area (Å²) in [6.07, 6.45) is 0. The number of aryl methyl sites for hydroxylation is 2. The van der Waals surface area contributed by atoms with Crippen molar-refractivity contribution in [3.63, 3.8) is 0 Å². The quantitative estimate of drug-likeness (QED) is 0.827. The van der Waals surface area contributed by atoms with Crippen LogP contribution in [0.1, 0.15) is 30.5 Å². The van der Waals surface area contributed by atoms with Gasteiger partial charge in [-0.05, 0) is 44.4 Å². The molecule has 0 aliphatic heterocycles. The molecule has 0 saturated carbocycles. The fraction of sp³-hybridized carbons (Fsp3) is 0.571. The summed E-state index contributed by atoms with van der Waals surface area (Å²) in [7, 11) is 1.72. The van der Waals surface area contributed by atoms with E-state index in [1.54, 1.807) is 7.11 Å². The summed E-state index contributed by atoms with van der Waals surface area (Å²) in [5, 5.41) is 13.0. The number of nitrogens with one attached hydrogen (secondary N) is 1. The van der Waals surface area contributed by atoms with E-state index < -0.39 is 0 Å².